The van der Waals surface area contributed by atoms with Gasteiger partial charge in [-0.2, -0.15) is 0 Å². The highest BCUT2D eigenvalue weighted by atomic mass is 16.7. The monoisotopic (exact) mass is 333 g/mol. The van der Waals surface area contributed by atoms with Crippen LogP contribution in [0.4, 0.5) is 0 Å². The summed E-state index contributed by atoms with van der Waals surface area (Å²) in [5.41, 5.74) is 0.693. The van der Waals surface area contributed by atoms with Crippen LogP contribution in [0.1, 0.15) is 32.3 Å². The van der Waals surface area contributed by atoms with Crippen molar-refractivity contribution >= 4 is 23.9 Å². The number of hydrogen-bond acceptors (Lipinski definition) is 6. The zero-order valence-electron chi connectivity index (χ0n) is 13.6. The van der Waals surface area contributed by atoms with E-state index in [0.717, 1.165) is 6.08 Å². The number of amides is 2. The Kier molecular flexibility index (Phi) is 5.95. The summed E-state index contributed by atoms with van der Waals surface area (Å²) >= 11 is 0. The van der Waals surface area contributed by atoms with Crippen molar-refractivity contribution in [3.63, 3.8) is 0 Å². The normalized spacial score (nSPS) is 14.3. The lowest BCUT2D eigenvalue weighted by Gasteiger charge is -2.11. The molecule has 2 amide bonds. The molecule has 7 nitrogen and oxygen atoms in total. The van der Waals surface area contributed by atoms with E-state index in [1.807, 2.05) is 13.8 Å². The first kappa shape index (κ1) is 17.5. The summed E-state index contributed by atoms with van der Waals surface area (Å²) in [6, 6.07) is 5.22. The van der Waals surface area contributed by atoms with Gasteiger partial charge in [-0.1, -0.05) is 6.07 Å². The Hall–Kier alpha value is -2.83. The van der Waals surface area contributed by atoms with Crippen molar-refractivity contribution in [3.05, 3.63) is 29.8 Å². The number of imide groups is 1. The highest BCUT2D eigenvalue weighted by Crippen LogP contribution is 2.29. The Morgan fingerprint density at radius 3 is 2.33 bits per heavy atom. The first-order valence-electron chi connectivity index (χ1n) is 7.70. The van der Waals surface area contributed by atoms with Gasteiger partial charge in [0.05, 0.1) is 13.2 Å². The topological polar surface area (TPSA) is 82.1 Å². The minimum absolute atomic E-state index is 0.0619. The molecule has 0 spiro atoms. The van der Waals surface area contributed by atoms with Crippen molar-refractivity contribution in [2.24, 2.45) is 0 Å². The number of carbonyl (C=O) groups is 3. The zero-order chi connectivity index (χ0) is 17.5. The Bertz CT molecular complexity index is 651. The standard InChI is InChI=1S/C17H19NO6/c1-3-22-13-7-5-12(11-14(13)23-4-2)6-10-17(21)24-18-15(19)8-9-16(18)20/h5-7,10-11H,3-4,8-9H2,1-2H3/b10-6+. The van der Waals surface area contributed by atoms with Gasteiger partial charge in [0.1, 0.15) is 0 Å². The van der Waals surface area contributed by atoms with Crippen LogP contribution >= 0.6 is 0 Å². The third-order valence-electron chi connectivity index (χ3n) is 3.17. The van der Waals surface area contributed by atoms with E-state index in [9.17, 15) is 14.4 Å². The molecule has 1 fully saturated rings. The van der Waals surface area contributed by atoms with Crippen LogP contribution in [-0.4, -0.2) is 36.1 Å². The molecule has 1 aromatic rings. The first-order valence-corrected chi connectivity index (χ1v) is 7.70. The molecule has 1 aliphatic heterocycles. The summed E-state index contributed by atoms with van der Waals surface area (Å²) in [7, 11) is 0. The van der Waals surface area contributed by atoms with E-state index in [-0.39, 0.29) is 12.8 Å². The molecular formula is C17H19NO6. The molecule has 1 saturated heterocycles. The molecule has 0 N–H and O–H groups in total. The Morgan fingerprint density at radius 1 is 1.08 bits per heavy atom. The molecule has 0 aromatic heterocycles. The lowest BCUT2D eigenvalue weighted by atomic mass is 10.2. The van der Waals surface area contributed by atoms with Gasteiger partial charge in [-0.15, -0.1) is 5.06 Å². The van der Waals surface area contributed by atoms with Crippen LogP contribution in [0.3, 0.4) is 0 Å². The Labute approximate surface area is 139 Å². The van der Waals surface area contributed by atoms with Crippen LogP contribution in [0.5, 0.6) is 11.5 Å². The summed E-state index contributed by atoms with van der Waals surface area (Å²) in [5.74, 6) is -0.638. The van der Waals surface area contributed by atoms with Gasteiger partial charge in [-0.3, -0.25) is 9.59 Å². The number of hydroxylamine groups is 2. The smallest absolute Gasteiger partial charge is 0.356 e. The van der Waals surface area contributed by atoms with E-state index in [4.69, 9.17) is 14.3 Å². The van der Waals surface area contributed by atoms with Gasteiger partial charge < -0.3 is 14.3 Å². The largest absolute Gasteiger partial charge is 0.490 e. The van der Waals surface area contributed by atoms with Crippen molar-refractivity contribution in [3.8, 4) is 11.5 Å². The van der Waals surface area contributed by atoms with E-state index in [1.54, 1.807) is 18.2 Å². The van der Waals surface area contributed by atoms with Crippen molar-refractivity contribution in [2.75, 3.05) is 13.2 Å². The van der Waals surface area contributed by atoms with Crippen LogP contribution in [-0.2, 0) is 19.2 Å². The second kappa shape index (κ2) is 8.14. The molecule has 0 saturated carbocycles. The predicted molar refractivity (Wildman–Crippen MR) is 85.0 cm³/mol. The highest BCUT2D eigenvalue weighted by Gasteiger charge is 2.32. The van der Waals surface area contributed by atoms with Crippen LogP contribution in [0, 0.1) is 0 Å². The third kappa shape index (κ3) is 4.34. The summed E-state index contributed by atoms with van der Waals surface area (Å²) in [4.78, 5) is 39.2. The van der Waals surface area contributed by atoms with Gasteiger partial charge in [0.15, 0.2) is 11.5 Å². The molecule has 1 aliphatic rings. The molecule has 0 aliphatic carbocycles. The number of hydrogen-bond donors (Lipinski definition) is 0. The molecule has 0 radical (unpaired) electrons. The molecule has 0 atom stereocenters. The first-order chi connectivity index (χ1) is 11.5. The number of carbonyl (C=O) groups excluding carboxylic acids is 3. The van der Waals surface area contributed by atoms with Gasteiger partial charge in [0.2, 0.25) is 0 Å². The molecule has 0 unspecified atom stereocenters. The molecule has 24 heavy (non-hydrogen) atoms. The van der Waals surface area contributed by atoms with Crippen molar-refractivity contribution < 1.29 is 28.7 Å². The fraction of sp³-hybridized carbons (Fsp3) is 0.353. The summed E-state index contributed by atoms with van der Waals surface area (Å²) in [6.45, 7) is 4.73. The van der Waals surface area contributed by atoms with Gasteiger partial charge in [-0.25, -0.2) is 4.79 Å². The zero-order valence-corrected chi connectivity index (χ0v) is 13.6. The molecule has 1 aromatic carbocycles. The average molecular weight is 333 g/mol. The highest BCUT2D eigenvalue weighted by molar-refractivity contribution is 6.02. The summed E-state index contributed by atoms with van der Waals surface area (Å²) < 4.78 is 11.0. The van der Waals surface area contributed by atoms with E-state index >= 15 is 0 Å². The van der Waals surface area contributed by atoms with Crippen molar-refractivity contribution in [2.45, 2.75) is 26.7 Å². The number of rotatable bonds is 7. The molecular weight excluding hydrogens is 314 g/mol. The molecule has 1 heterocycles. The maximum Gasteiger partial charge on any atom is 0.356 e. The summed E-state index contributed by atoms with van der Waals surface area (Å²) in [6.07, 6.45) is 2.77. The maximum absolute atomic E-state index is 11.7. The van der Waals surface area contributed by atoms with Crippen LogP contribution < -0.4 is 9.47 Å². The fourth-order valence-corrected chi connectivity index (χ4v) is 2.11. The quantitative estimate of drug-likeness (QED) is 0.561. The number of benzene rings is 1. The van der Waals surface area contributed by atoms with Crippen LogP contribution in [0.15, 0.2) is 24.3 Å². The van der Waals surface area contributed by atoms with Crippen molar-refractivity contribution in [1.82, 2.24) is 5.06 Å². The second-order valence-corrected chi connectivity index (χ2v) is 4.90. The van der Waals surface area contributed by atoms with E-state index in [1.165, 1.54) is 6.08 Å². The van der Waals surface area contributed by atoms with Gasteiger partial charge in [0, 0.05) is 18.9 Å². The number of nitrogens with zero attached hydrogens (tertiary/aromatic N) is 1. The maximum atomic E-state index is 11.7. The van der Waals surface area contributed by atoms with Crippen molar-refractivity contribution in [1.29, 1.82) is 0 Å². The predicted octanol–water partition coefficient (Wildman–Crippen LogP) is 2.10. The lowest BCUT2D eigenvalue weighted by Crippen LogP contribution is -2.31. The van der Waals surface area contributed by atoms with E-state index in [2.05, 4.69) is 0 Å². The molecule has 2 rings (SSSR count). The van der Waals surface area contributed by atoms with Gasteiger partial charge >= 0.3 is 5.97 Å². The fourth-order valence-electron chi connectivity index (χ4n) is 2.11. The number of ether oxygens (including phenoxy) is 2. The lowest BCUT2D eigenvalue weighted by molar-refractivity contribution is -0.193. The van der Waals surface area contributed by atoms with Gasteiger partial charge in [-0.05, 0) is 37.6 Å². The van der Waals surface area contributed by atoms with Crippen LogP contribution in [0.2, 0.25) is 0 Å². The Morgan fingerprint density at radius 2 is 1.71 bits per heavy atom. The van der Waals surface area contributed by atoms with Gasteiger partial charge in [0.25, 0.3) is 11.8 Å². The van der Waals surface area contributed by atoms with E-state index in [0.29, 0.717) is 35.3 Å². The van der Waals surface area contributed by atoms with E-state index < -0.39 is 17.8 Å². The SMILES string of the molecule is CCOc1ccc(/C=C/C(=O)ON2C(=O)CCC2=O)cc1OCC. The molecule has 7 heteroatoms. The summed E-state index contributed by atoms with van der Waals surface area (Å²) in [5, 5.41) is 0.510. The van der Waals surface area contributed by atoms with Crippen LogP contribution in [0.25, 0.3) is 6.08 Å². The average Bonchev–Trinajstić information content (AvgIpc) is 2.87. The minimum atomic E-state index is -0.801. The second-order valence-electron chi connectivity index (χ2n) is 4.90. The third-order valence-corrected chi connectivity index (χ3v) is 3.17. The minimum Gasteiger partial charge on any atom is -0.490 e. The Balaban J connectivity index is 2.05. The molecule has 0 bridgehead atoms. The molecule has 128 valence electrons.